The second-order valence-electron chi connectivity index (χ2n) is 5.50. The Morgan fingerprint density at radius 1 is 1.21 bits per heavy atom. The van der Waals surface area contributed by atoms with Gasteiger partial charge >= 0.3 is 0 Å². The van der Waals surface area contributed by atoms with Crippen molar-refractivity contribution < 1.29 is 19.0 Å². The summed E-state index contributed by atoms with van der Waals surface area (Å²) in [4.78, 5) is 12.3. The fourth-order valence-electron chi connectivity index (χ4n) is 2.51. The second-order valence-corrected chi connectivity index (χ2v) is 5.91. The van der Waals surface area contributed by atoms with Crippen LogP contribution in [0.4, 0.5) is 5.69 Å². The third-order valence-electron chi connectivity index (χ3n) is 3.73. The molecule has 0 radical (unpaired) electrons. The van der Waals surface area contributed by atoms with Crippen molar-refractivity contribution in [3.63, 3.8) is 0 Å². The molecule has 0 aliphatic carbocycles. The molecule has 1 heterocycles. The van der Waals surface area contributed by atoms with Crippen molar-refractivity contribution in [2.45, 2.75) is 13.3 Å². The number of hydrogen-bond acceptors (Lipinski definition) is 4. The highest BCUT2D eigenvalue weighted by Crippen LogP contribution is 2.32. The lowest BCUT2D eigenvalue weighted by molar-refractivity contribution is -0.115. The fourth-order valence-corrected chi connectivity index (χ4v) is 2.66. The summed E-state index contributed by atoms with van der Waals surface area (Å²) >= 11 is 6.08. The normalized spacial score (nSPS) is 12.6. The van der Waals surface area contributed by atoms with Crippen molar-refractivity contribution >= 4 is 23.2 Å². The summed E-state index contributed by atoms with van der Waals surface area (Å²) in [6.45, 7) is 2.94. The molecule has 0 unspecified atom stereocenters. The molecular weight excluding hydrogens is 330 g/mol. The molecule has 1 aliphatic rings. The van der Waals surface area contributed by atoms with Crippen molar-refractivity contribution in [2.24, 2.45) is 0 Å². The van der Waals surface area contributed by atoms with E-state index in [9.17, 15) is 4.79 Å². The molecular formula is C18H18ClNO4. The van der Waals surface area contributed by atoms with E-state index in [0.29, 0.717) is 41.2 Å². The van der Waals surface area contributed by atoms with E-state index >= 15 is 0 Å². The van der Waals surface area contributed by atoms with Gasteiger partial charge in [-0.05, 0) is 36.2 Å². The monoisotopic (exact) mass is 347 g/mol. The predicted octanol–water partition coefficient (Wildman–Crippen LogP) is 3.61. The number of hydrogen-bond donors (Lipinski definition) is 1. The number of ether oxygens (including phenoxy) is 3. The maximum absolute atomic E-state index is 12.3. The molecule has 3 rings (SSSR count). The van der Waals surface area contributed by atoms with E-state index in [4.69, 9.17) is 25.8 Å². The molecule has 6 heteroatoms. The van der Waals surface area contributed by atoms with Crippen molar-refractivity contribution in [1.82, 2.24) is 0 Å². The molecule has 0 saturated carbocycles. The molecule has 0 atom stereocenters. The van der Waals surface area contributed by atoms with Gasteiger partial charge in [0.05, 0.1) is 19.2 Å². The number of aryl methyl sites for hydroxylation is 1. The first-order chi connectivity index (χ1) is 11.6. The van der Waals surface area contributed by atoms with Gasteiger partial charge in [-0.25, -0.2) is 0 Å². The van der Waals surface area contributed by atoms with E-state index in [2.05, 4.69) is 5.32 Å². The average Bonchev–Trinajstić information content (AvgIpc) is 2.57. The molecule has 1 aliphatic heterocycles. The standard InChI is InChI=1S/C18H18ClNO4/c1-11-7-14(16(22-2)10-13(11)19)20-18(21)9-12-3-4-15-17(8-12)24-6-5-23-15/h3-4,7-8,10H,5-6,9H2,1-2H3,(H,20,21). The summed E-state index contributed by atoms with van der Waals surface area (Å²) < 4.78 is 16.3. The molecule has 1 N–H and O–H groups in total. The number of halogens is 1. The average molecular weight is 348 g/mol. The first-order valence-corrected chi connectivity index (χ1v) is 7.97. The van der Waals surface area contributed by atoms with Crippen molar-refractivity contribution in [3.8, 4) is 17.2 Å². The lowest BCUT2D eigenvalue weighted by Gasteiger charge is -2.19. The zero-order valence-corrected chi connectivity index (χ0v) is 14.3. The van der Waals surface area contributed by atoms with Crippen LogP contribution >= 0.6 is 11.6 Å². The van der Waals surface area contributed by atoms with Crippen LogP contribution in [0.15, 0.2) is 30.3 Å². The number of carbonyl (C=O) groups is 1. The van der Waals surface area contributed by atoms with Crippen LogP contribution in [0.1, 0.15) is 11.1 Å². The summed E-state index contributed by atoms with van der Waals surface area (Å²) in [5, 5.41) is 3.46. The Hall–Kier alpha value is -2.40. The first-order valence-electron chi connectivity index (χ1n) is 7.59. The van der Waals surface area contributed by atoms with E-state index in [1.54, 1.807) is 12.1 Å². The third-order valence-corrected chi connectivity index (χ3v) is 4.13. The van der Waals surface area contributed by atoms with Gasteiger partial charge in [0.15, 0.2) is 11.5 Å². The summed E-state index contributed by atoms with van der Waals surface area (Å²) in [5.74, 6) is 1.76. The van der Waals surface area contributed by atoms with Gasteiger partial charge in [-0.1, -0.05) is 17.7 Å². The van der Waals surface area contributed by atoms with Gasteiger partial charge < -0.3 is 19.5 Å². The Morgan fingerprint density at radius 2 is 1.96 bits per heavy atom. The number of anilines is 1. The molecule has 0 aromatic heterocycles. The van der Waals surface area contributed by atoms with Crippen LogP contribution in [0.5, 0.6) is 17.2 Å². The van der Waals surface area contributed by atoms with E-state index in [1.807, 2.05) is 25.1 Å². The van der Waals surface area contributed by atoms with Crippen LogP contribution in [-0.2, 0) is 11.2 Å². The third kappa shape index (κ3) is 3.57. The van der Waals surface area contributed by atoms with Gasteiger partial charge in [-0.3, -0.25) is 4.79 Å². The minimum atomic E-state index is -0.147. The fraction of sp³-hybridized carbons (Fsp3) is 0.278. The van der Waals surface area contributed by atoms with E-state index in [-0.39, 0.29) is 12.3 Å². The molecule has 0 saturated heterocycles. The Kier molecular flexibility index (Phi) is 4.81. The topological polar surface area (TPSA) is 56.8 Å². The predicted molar refractivity (Wildman–Crippen MR) is 92.5 cm³/mol. The summed E-state index contributed by atoms with van der Waals surface area (Å²) in [6, 6.07) is 9.00. The lowest BCUT2D eigenvalue weighted by Crippen LogP contribution is -2.17. The molecule has 0 fully saturated rings. The number of benzene rings is 2. The highest BCUT2D eigenvalue weighted by molar-refractivity contribution is 6.31. The summed E-state index contributed by atoms with van der Waals surface area (Å²) in [6.07, 6.45) is 0.224. The number of rotatable bonds is 4. The molecule has 0 bridgehead atoms. The van der Waals surface area contributed by atoms with Crippen LogP contribution in [0.2, 0.25) is 5.02 Å². The number of carbonyl (C=O) groups excluding carboxylic acids is 1. The van der Waals surface area contributed by atoms with Crippen LogP contribution in [0.25, 0.3) is 0 Å². The number of fused-ring (bicyclic) bond motifs is 1. The van der Waals surface area contributed by atoms with E-state index in [1.165, 1.54) is 7.11 Å². The Morgan fingerprint density at radius 3 is 2.71 bits per heavy atom. The van der Waals surface area contributed by atoms with E-state index in [0.717, 1.165) is 11.1 Å². The smallest absolute Gasteiger partial charge is 0.228 e. The molecule has 2 aromatic rings. The van der Waals surface area contributed by atoms with Crippen LogP contribution < -0.4 is 19.5 Å². The van der Waals surface area contributed by atoms with Gasteiger partial charge in [0, 0.05) is 11.1 Å². The number of nitrogens with one attached hydrogen (secondary N) is 1. The maximum atomic E-state index is 12.3. The molecule has 2 aromatic carbocycles. The first kappa shape index (κ1) is 16.5. The van der Waals surface area contributed by atoms with Crippen molar-refractivity contribution in [1.29, 1.82) is 0 Å². The van der Waals surface area contributed by atoms with Gasteiger partial charge in [0.25, 0.3) is 0 Å². The molecule has 1 amide bonds. The zero-order chi connectivity index (χ0) is 17.1. The van der Waals surface area contributed by atoms with Crippen LogP contribution in [-0.4, -0.2) is 26.2 Å². The zero-order valence-electron chi connectivity index (χ0n) is 13.5. The quantitative estimate of drug-likeness (QED) is 0.918. The summed E-state index contributed by atoms with van der Waals surface area (Å²) in [5.41, 5.74) is 2.32. The minimum absolute atomic E-state index is 0.147. The minimum Gasteiger partial charge on any atom is -0.495 e. The summed E-state index contributed by atoms with van der Waals surface area (Å²) in [7, 11) is 1.54. The largest absolute Gasteiger partial charge is 0.495 e. The van der Waals surface area contributed by atoms with Gasteiger partial charge in [-0.2, -0.15) is 0 Å². The second kappa shape index (κ2) is 7.01. The van der Waals surface area contributed by atoms with Crippen molar-refractivity contribution in [3.05, 3.63) is 46.5 Å². The number of amides is 1. The lowest BCUT2D eigenvalue weighted by atomic mass is 10.1. The van der Waals surface area contributed by atoms with Gasteiger partial charge in [0.2, 0.25) is 5.91 Å². The Labute approximate surface area is 145 Å². The molecule has 5 nitrogen and oxygen atoms in total. The Bertz CT molecular complexity index is 776. The van der Waals surface area contributed by atoms with Crippen LogP contribution in [0, 0.1) is 6.92 Å². The number of methoxy groups -OCH3 is 1. The SMILES string of the molecule is COc1cc(Cl)c(C)cc1NC(=O)Cc1ccc2c(c1)OCCO2. The molecule has 24 heavy (non-hydrogen) atoms. The van der Waals surface area contributed by atoms with Gasteiger partial charge in [0.1, 0.15) is 19.0 Å². The highest BCUT2D eigenvalue weighted by Gasteiger charge is 2.14. The van der Waals surface area contributed by atoms with Crippen molar-refractivity contribution in [2.75, 3.05) is 25.6 Å². The van der Waals surface area contributed by atoms with E-state index < -0.39 is 0 Å². The highest BCUT2D eigenvalue weighted by atomic mass is 35.5. The van der Waals surface area contributed by atoms with Gasteiger partial charge in [-0.15, -0.1) is 0 Å². The van der Waals surface area contributed by atoms with Crippen LogP contribution in [0.3, 0.4) is 0 Å². The molecule has 126 valence electrons. The molecule has 0 spiro atoms. The Balaban J connectivity index is 1.73. The maximum Gasteiger partial charge on any atom is 0.228 e.